The van der Waals surface area contributed by atoms with Gasteiger partial charge in [0.25, 0.3) is 0 Å². The normalized spacial score (nSPS) is 21.6. The molecule has 2 aromatic rings. The monoisotopic (exact) mass is 298 g/mol. The van der Waals surface area contributed by atoms with Crippen LogP contribution in [-0.4, -0.2) is 30.3 Å². The Morgan fingerprint density at radius 3 is 2.45 bits per heavy atom. The molecule has 0 radical (unpaired) electrons. The summed E-state index contributed by atoms with van der Waals surface area (Å²) in [5.74, 6) is 1.77. The molecule has 1 fully saturated rings. The molecular weight excluding hydrogens is 276 g/mol. The van der Waals surface area contributed by atoms with Crippen LogP contribution in [0.1, 0.15) is 19.4 Å². The fourth-order valence-corrected chi connectivity index (χ4v) is 2.75. The molecule has 1 aromatic heterocycles. The predicted molar refractivity (Wildman–Crippen MR) is 87.2 cm³/mol. The Hall–Kier alpha value is -2.07. The summed E-state index contributed by atoms with van der Waals surface area (Å²) in [5.41, 5.74) is 1.16. The molecule has 4 heteroatoms. The zero-order valence-electron chi connectivity index (χ0n) is 13.1. The van der Waals surface area contributed by atoms with Crippen molar-refractivity contribution >= 4 is 5.82 Å². The number of aromatic nitrogens is 1. The van der Waals surface area contributed by atoms with Crippen LogP contribution in [0.2, 0.25) is 0 Å². The summed E-state index contributed by atoms with van der Waals surface area (Å²) in [6.45, 7) is 6.51. The molecule has 1 aliphatic heterocycles. The second-order valence-corrected chi connectivity index (χ2v) is 5.79. The van der Waals surface area contributed by atoms with Gasteiger partial charge in [0.15, 0.2) is 0 Å². The maximum absolute atomic E-state index is 5.77. The minimum Gasteiger partial charge on any atom is -0.487 e. The van der Waals surface area contributed by atoms with Gasteiger partial charge in [-0.3, -0.25) is 0 Å². The SMILES string of the molecule is CC1CN(c2ccc(OCc3ccccc3)cn2)CC(C)O1. The summed E-state index contributed by atoms with van der Waals surface area (Å²) >= 11 is 0. The van der Waals surface area contributed by atoms with Gasteiger partial charge in [0.1, 0.15) is 18.2 Å². The fraction of sp³-hybridized carbons (Fsp3) is 0.389. The van der Waals surface area contributed by atoms with Crippen LogP contribution in [-0.2, 0) is 11.3 Å². The van der Waals surface area contributed by atoms with Crippen molar-refractivity contribution < 1.29 is 9.47 Å². The van der Waals surface area contributed by atoms with Crippen molar-refractivity contribution in [1.29, 1.82) is 0 Å². The topological polar surface area (TPSA) is 34.6 Å². The third-order valence-electron chi connectivity index (χ3n) is 3.71. The third kappa shape index (κ3) is 3.77. The van der Waals surface area contributed by atoms with Gasteiger partial charge < -0.3 is 14.4 Å². The lowest BCUT2D eigenvalue weighted by Crippen LogP contribution is -2.45. The molecule has 1 aromatic carbocycles. The predicted octanol–water partition coefficient (Wildman–Crippen LogP) is 3.27. The minimum absolute atomic E-state index is 0.236. The molecule has 2 atom stereocenters. The highest BCUT2D eigenvalue weighted by atomic mass is 16.5. The van der Waals surface area contributed by atoms with Crippen molar-refractivity contribution in [2.24, 2.45) is 0 Å². The Morgan fingerprint density at radius 2 is 1.82 bits per heavy atom. The van der Waals surface area contributed by atoms with Crippen molar-refractivity contribution in [2.75, 3.05) is 18.0 Å². The Morgan fingerprint density at radius 1 is 1.09 bits per heavy atom. The van der Waals surface area contributed by atoms with E-state index in [1.165, 1.54) is 0 Å². The van der Waals surface area contributed by atoms with Crippen molar-refractivity contribution in [3.05, 3.63) is 54.2 Å². The maximum Gasteiger partial charge on any atom is 0.138 e. The van der Waals surface area contributed by atoms with Gasteiger partial charge in [0.2, 0.25) is 0 Å². The van der Waals surface area contributed by atoms with E-state index >= 15 is 0 Å². The summed E-state index contributed by atoms with van der Waals surface area (Å²) in [5, 5.41) is 0. The van der Waals surface area contributed by atoms with Crippen LogP contribution in [0, 0.1) is 0 Å². The van der Waals surface area contributed by atoms with Crippen LogP contribution in [0.5, 0.6) is 5.75 Å². The summed E-state index contributed by atoms with van der Waals surface area (Å²) in [4.78, 5) is 6.79. The van der Waals surface area contributed by atoms with Crippen LogP contribution in [0.3, 0.4) is 0 Å². The molecule has 0 spiro atoms. The standard InChI is InChI=1S/C18H22N2O2/c1-14-11-20(12-15(2)22-14)18-9-8-17(10-19-18)21-13-16-6-4-3-5-7-16/h3-10,14-15H,11-13H2,1-2H3. The molecule has 22 heavy (non-hydrogen) atoms. The molecule has 0 bridgehead atoms. The van der Waals surface area contributed by atoms with Gasteiger partial charge in [0, 0.05) is 13.1 Å². The highest BCUT2D eigenvalue weighted by Crippen LogP contribution is 2.21. The number of nitrogens with zero attached hydrogens (tertiary/aromatic N) is 2. The first-order chi connectivity index (χ1) is 10.7. The van der Waals surface area contributed by atoms with E-state index in [4.69, 9.17) is 9.47 Å². The molecule has 1 saturated heterocycles. The molecule has 2 unspecified atom stereocenters. The minimum atomic E-state index is 0.236. The smallest absolute Gasteiger partial charge is 0.138 e. The number of rotatable bonds is 4. The Kier molecular flexibility index (Phi) is 4.59. The van der Waals surface area contributed by atoms with Crippen molar-refractivity contribution in [3.8, 4) is 5.75 Å². The maximum atomic E-state index is 5.77. The third-order valence-corrected chi connectivity index (χ3v) is 3.71. The van der Waals surface area contributed by atoms with Crippen molar-refractivity contribution in [1.82, 2.24) is 4.98 Å². The fourth-order valence-electron chi connectivity index (χ4n) is 2.75. The summed E-state index contributed by atoms with van der Waals surface area (Å²) in [6.07, 6.45) is 2.27. The molecule has 1 aliphatic rings. The van der Waals surface area contributed by atoms with E-state index in [9.17, 15) is 0 Å². The lowest BCUT2D eigenvalue weighted by molar-refractivity contribution is -0.00546. The van der Waals surface area contributed by atoms with Gasteiger partial charge in [-0.25, -0.2) is 4.98 Å². The Labute approximate surface area is 131 Å². The number of ether oxygens (including phenoxy) is 2. The summed E-state index contributed by atoms with van der Waals surface area (Å²) in [7, 11) is 0. The van der Waals surface area contributed by atoms with Crippen LogP contribution >= 0.6 is 0 Å². The molecule has 0 aliphatic carbocycles. The van der Waals surface area contributed by atoms with Crippen molar-refractivity contribution in [2.45, 2.75) is 32.7 Å². The molecule has 0 amide bonds. The molecule has 0 N–H and O–H groups in total. The summed E-state index contributed by atoms with van der Waals surface area (Å²) < 4.78 is 11.5. The first-order valence-corrected chi connectivity index (χ1v) is 7.74. The van der Waals surface area contributed by atoms with Crippen LogP contribution in [0.25, 0.3) is 0 Å². The zero-order chi connectivity index (χ0) is 15.4. The molecule has 2 heterocycles. The van der Waals surface area contributed by atoms with Crippen LogP contribution in [0.4, 0.5) is 5.82 Å². The lowest BCUT2D eigenvalue weighted by Gasteiger charge is -2.36. The average Bonchev–Trinajstić information content (AvgIpc) is 2.53. The molecule has 0 saturated carbocycles. The van der Waals surface area contributed by atoms with Gasteiger partial charge in [-0.05, 0) is 31.5 Å². The highest BCUT2D eigenvalue weighted by molar-refractivity contribution is 5.41. The van der Waals surface area contributed by atoms with E-state index in [0.717, 1.165) is 30.2 Å². The largest absolute Gasteiger partial charge is 0.487 e. The highest BCUT2D eigenvalue weighted by Gasteiger charge is 2.22. The second-order valence-electron chi connectivity index (χ2n) is 5.79. The first-order valence-electron chi connectivity index (χ1n) is 7.74. The summed E-state index contributed by atoms with van der Waals surface area (Å²) in [6, 6.07) is 14.1. The van der Waals surface area contributed by atoms with Gasteiger partial charge in [-0.1, -0.05) is 30.3 Å². The van der Waals surface area contributed by atoms with E-state index in [2.05, 4.69) is 35.9 Å². The first kappa shape index (κ1) is 14.9. The molecule has 116 valence electrons. The number of anilines is 1. The lowest BCUT2D eigenvalue weighted by atomic mass is 10.2. The Balaban J connectivity index is 1.60. The van der Waals surface area contributed by atoms with E-state index in [1.54, 1.807) is 6.20 Å². The number of hydrogen-bond acceptors (Lipinski definition) is 4. The number of hydrogen-bond donors (Lipinski definition) is 0. The number of benzene rings is 1. The van der Waals surface area contributed by atoms with E-state index in [-0.39, 0.29) is 12.2 Å². The van der Waals surface area contributed by atoms with Gasteiger partial charge in [-0.2, -0.15) is 0 Å². The number of morpholine rings is 1. The van der Waals surface area contributed by atoms with E-state index in [0.29, 0.717) is 6.61 Å². The van der Waals surface area contributed by atoms with E-state index < -0.39 is 0 Å². The van der Waals surface area contributed by atoms with Gasteiger partial charge in [-0.15, -0.1) is 0 Å². The van der Waals surface area contributed by atoms with Crippen molar-refractivity contribution in [3.63, 3.8) is 0 Å². The zero-order valence-corrected chi connectivity index (χ0v) is 13.1. The Bertz CT molecular complexity index is 576. The average molecular weight is 298 g/mol. The van der Waals surface area contributed by atoms with Crippen LogP contribution < -0.4 is 9.64 Å². The molecule has 4 nitrogen and oxygen atoms in total. The second kappa shape index (κ2) is 6.79. The van der Waals surface area contributed by atoms with E-state index in [1.807, 2.05) is 30.3 Å². The van der Waals surface area contributed by atoms with Crippen LogP contribution in [0.15, 0.2) is 48.7 Å². The molecule has 3 rings (SSSR count). The quantitative estimate of drug-likeness (QED) is 0.867. The van der Waals surface area contributed by atoms with Gasteiger partial charge in [0.05, 0.1) is 18.4 Å². The van der Waals surface area contributed by atoms with Gasteiger partial charge >= 0.3 is 0 Å². The molecular formula is C18H22N2O2. The number of pyridine rings is 1.